The highest BCUT2D eigenvalue weighted by molar-refractivity contribution is 6.33. The molecule has 3 rings (SSSR count). The van der Waals surface area contributed by atoms with E-state index in [0.29, 0.717) is 24.6 Å². The van der Waals surface area contributed by atoms with E-state index < -0.39 is 11.9 Å². The molecule has 0 unspecified atom stereocenters. The van der Waals surface area contributed by atoms with Gasteiger partial charge >= 0.3 is 0 Å². The highest BCUT2D eigenvalue weighted by Crippen LogP contribution is 2.40. The molecular formula is C17H20ClFN2O2. The van der Waals surface area contributed by atoms with Crippen LogP contribution in [-0.4, -0.2) is 29.3 Å². The summed E-state index contributed by atoms with van der Waals surface area (Å²) in [4.78, 5) is 26.8. The Morgan fingerprint density at radius 2 is 2.09 bits per heavy atom. The quantitative estimate of drug-likeness (QED) is 0.917. The fraction of sp³-hybridized carbons (Fsp3) is 0.529. The average molecular weight is 339 g/mol. The van der Waals surface area contributed by atoms with Crippen LogP contribution in [0.25, 0.3) is 0 Å². The van der Waals surface area contributed by atoms with Gasteiger partial charge in [0.15, 0.2) is 0 Å². The minimum atomic E-state index is -0.467. The predicted octanol–water partition coefficient (Wildman–Crippen LogP) is 3.45. The topological polar surface area (TPSA) is 49.4 Å². The molecule has 0 spiro atoms. The molecule has 4 nitrogen and oxygen atoms in total. The van der Waals surface area contributed by atoms with Gasteiger partial charge in [-0.3, -0.25) is 9.59 Å². The second-order valence-corrected chi connectivity index (χ2v) is 6.88. The van der Waals surface area contributed by atoms with Gasteiger partial charge in [-0.15, -0.1) is 0 Å². The molecule has 2 fully saturated rings. The number of nitrogens with one attached hydrogen (secondary N) is 1. The van der Waals surface area contributed by atoms with Crippen LogP contribution in [0.15, 0.2) is 18.2 Å². The third-order valence-electron chi connectivity index (χ3n) is 4.70. The molecule has 2 aliphatic rings. The molecule has 1 saturated carbocycles. The summed E-state index contributed by atoms with van der Waals surface area (Å²) in [6.07, 6.45) is 3.40. The van der Waals surface area contributed by atoms with Crippen molar-refractivity contribution in [3.63, 3.8) is 0 Å². The zero-order chi connectivity index (χ0) is 16.6. The van der Waals surface area contributed by atoms with Crippen LogP contribution in [0.5, 0.6) is 0 Å². The molecule has 23 heavy (non-hydrogen) atoms. The summed E-state index contributed by atoms with van der Waals surface area (Å²) in [5.41, 5.74) is 0.371. The predicted molar refractivity (Wildman–Crippen MR) is 86.7 cm³/mol. The van der Waals surface area contributed by atoms with Crippen molar-refractivity contribution in [2.24, 2.45) is 11.8 Å². The number of nitrogens with zero attached hydrogens (tertiary/aromatic N) is 1. The molecular weight excluding hydrogens is 319 g/mol. The van der Waals surface area contributed by atoms with Crippen LogP contribution in [0.2, 0.25) is 5.02 Å². The largest absolute Gasteiger partial charge is 0.330 e. The Morgan fingerprint density at radius 3 is 2.74 bits per heavy atom. The summed E-state index contributed by atoms with van der Waals surface area (Å²) < 4.78 is 13.1. The lowest BCUT2D eigenvalue weighted by atomic mass is 10.00. The van der Waals surface area contributed by atoms with Gasteiger partial charge in [0.05, 0.1) is 10.7 Å². The first-order valence-electron chi connectivity index (χ1n) is 8.04. The van der Waals surface area contributed by atoms with E-state index in [-0.39, 0.29) is 22.8 Å². The third kappa shape index (κ3) is 3.50. The summed E-state index contributed by atoms with van der Waals surface area (Å²) in [7, 11) is 0. The second kappa shape index (κ2) is 6.48. The molecule has 0 radical (unpaired) electrons. The van der Waals surface area contributed by atoms with E-state index in [4.69, 9.17) is 11.6 Å². The van der Waals surface area contributed by atoms with Gasteiger partial charge in [-0.1, -0.05) is 18.5 Å². The van der Waals surface area contributed by atoms with Crippen molar-refractivity contribution in [1.29, 1.82) is 0 Å². The molecule has 0 bridgehead atoms. The Hall–Kier alpha value is -1.62. The smallest absolute Gasteiger partial charge is 0.247 e. The second-order valence-electron chi connectivity index (χ2n) is 6.48. The Bertz CT molecular complexity index is 637. The zero-order valence-corrected chi connectivity index (χ0v) is 13.8. The third-order valence-corrected chi connectivity index (χ3v) is 5.02. The van der Waals surface area contributed by atoms with Crippen molar-refractivity contribution in [3.8, 4) is 0 Å². The average Bonchev–Trinajstić information content (AvgIpc) is 3.26. The van der Waals surface area contributed by atoms with E-state index >= 15 is 0 Å². The van der Waals surface area contributed by atoms with Crippen molar-refractivity contribution < 1.29 is 14.0 Å². The van der Waals surface area contributed by atoms with E-state index in [2.05, 4.69) is 12.2 Å². The number of likely N-dealkylation sites (tertiary alicyclic amines) is 1. The van der Waals surface area contributed by atoms with Crippen LogP contribution in [0.1, 0.15) is 32.6 Å². The maximum atomic E-state index is 13.1. The summed E-state index contributed by atoms with van der Waals surface area (Å²) in [5.74, 6) is -0.134. The van der Waals surface area contributed by atoms with E-state index in [1.165, 1.54) is 12.1 Å². The number of anilines is 1. The number of carbonyl (C=O) groups is 2. The maximum absolute atomic E-state index is 13.1. The molecule has 1 aromatic carbocycles. The number of hydrogen-bond donors (Lipinski definition) is 1. The van der Waals surface area contributed by atoms with Crippen LogP contribution < -0.4 is 5.32 Å². The number of hydrogen-bond acceptors (Lipinski definition) is 2. The van der Waals surface area contributed by atoms with Gasteiger partial charge < -0.3 is 10.2 Å². The minimum absolute atomic E-state index is 0.0674. The molecule has 1 aliphatic heterocycles. The van der Waals surface area contributed by atoms with Crippen molar-refractivity contribution >= 4 is 29.1 Å². The summed E-state index contributed by atoms with van der Waals surface area (Å²) in [6, 6.07) is 3.38. The lowest BCUT2D eigenvalue weighted by molar-refractivity contribution is -0.141. The first-order valence-corrected chi connectivity index (χ1v) is 8.41. The standard InChI is InChI=1S/C17H20ClFN2O2/c1-10-8-12(10)17(23)21-7-3-2-4-15(21)16(22)20-14-6-5-11(19)9-13(14)18/h5-6,9-10,12,15H,2-4,7-8H2,1H3,(H,20,22)/t10-,12+,15+/m1/s1. The van der Waals surface area contributed by atoms with E-state index in [1.807, 2.05) is 0 Å². The molecule has 1 aromatic rings. The monoisotopic (exact) mass is 338 g/mol. The lowest BCUT2D eigenvalue weighted by Crippen LogP contribution is -2.50. The molecule has 1 aliphatic carbocycles. The Balaban J connectivity index is 1.72. The molecule has 0 aromatic heterocycles. The summed E-state index contributed by atoms with van der Waals surface area (Å²) in [5, 5.41) is 2.89. The minimum Gasteiger partial charge on any atom is -0.330 e. The molecule has 1 N–H and O–H groups in total. The van der Waals surface area contributed by atoms with Crippen molar-refractivity contribution in [2.45, 2.75) is 38.6 Å². The number of piperidine rings is 1. The Kier molecular flexibility index (Phi) is 4.57. The van der Waals surface area contributed by atoms with Gasteiger partial charge in [0.1, 0.15) is 11.9 Å². The normalized spacial score (nSPS) is 26.7. The van der Waals surface area contributed by atoms with Gasteiger partial charge in [0, 0.05) is 12.5 Å². The molecule has 1 heterocycles. The summed E-state index contributed by atoms with van der Waals surface area (Å²) in [6.45, 7) is 2.68. The van der Waals surface area contributed by atoms with E-state index in [1.54, 1.807) is 4.90 Å². The van der Waals surface area contributed by atoms with Crippen LogP contribution in [-0.2, 0) is 9.59 Å². The molecule has 124 valence electrons. The van der Waals surface area contributed by atoms with Crippen molar-refractivity contribution in [3.05, 3.63) is 29.0 Å². The van der Waals surface area contributed by atoms with Gasteiger partial charge in [0.25, 0.3) is 0 Å². The van der Waals surface area contributed by atoms with Crippen LogP contribution in [0.3, 0.4) is 0 Å². The molecule has 3 atom stereocenters. The van der Waals surface area contributed by atoms with Gasteiger partial charge in [0.2, 0.25) is 11.8 Å². The fourth-order valence-corrected chi connectivity index (χ4v) is 3.37. The maximum Gasteiger partial charge on any atom is 0.247 e. The number of carbonyl (C=O) groups excluding carboxylic acids is 2. The van der Waals surface area contributed by atoms with Gasteiger partial charge in [-0.05, 0) is 49.8 Å². The highest BCUT2D eigenvalue weighted by atomic mass is 35.5. The Morgan fingerprint density at radius 1 is 1.35 bits per heavy atom. The number of halogens is 2. The number of benzene rings is 1. The van der Waals surface area contributed by atoms with Crippen LogP contribution in [0.4, 0.5) is 10.1 Å². The van der Waals surface area contributed by atoms with Gasteiger partial charge in [-0.2, -0.15) is 0 Å². The van der Waals surface area contributed by atoms with E-state index in [0.717, 1.165) is 25.3 Å². The Labute approximate surface area is 140 Å². The van der Waals surface area contributed by atoms with E-state index in [9.17, 15) is 14.0 Å². The van der Waals surface area contributed by atoms with Crippen LogP contribution in [0, 0.1) is 17.7 Å². The molecule has 2 amide bonds. The zero-order valence-electron chi connectivity index (χ0n) is 13.0. The lowest BCUT2D eigenvalue weighted by Gasteiger charge is -2.35. The van der Waals surface area contributed by atoms with Crippen molar-refractivity contribution in [1.82, 2.24) is 4.90 Å². The number of rotatable bonds is 3. The summed E-state index contributed by atoms with van der Waals surface area (Å²) >= 11 is 5.96. The van der Waals surface area contributed by atoms with Gasteiger partial charge in [-0.25, -0.2) is 4.39 Å². The molecule has 6 heteroatoms. The fourth-order valence-electron chi connectivity index (χ4n) is 3.15. The first kappa shape index (κ1) is 16.2. The first-order chi connectivity index (χ1) is 11.0. The molecule has 1 saturated heterocycles. The van der Waals surface area contributed by atoms with Crippen molar-refractivity contribution in [2.75, 3.05) is 11.9 Å². The van der Waals surface area contributed by atoms with Crippen LogP contribution >= 0.6 is 11.6 Å². The highest BCUT2D eigenvalue weighted by Gasteiger charge is 2.44. The number of amides is 2. The SMILES string of the molecule is C[C@@H]1C[C@@H]1C(=O)N1CCCC[C@H]1C(=O)Nc1ccc(F)cc1Cl.